The van der Waals surface area contributed by atoms with E-state index in [1.807, 2.05) is 66.7 Å². The second-order valence-electron chi connectivity index (χ2n) is 14.7. The number of allylic oxidation sites excluding steroid dienone is 4. The summed E-state index contributed by atoms with van der Waals surface area (Å²) in [5, 5.41) is 9.86. The third-order valence-electron chi connectivity index (χ3n) is 11.1. The third-order valence-corrected chi connectivity index (χ3v) is 11.8. The Morgan fingerprint density at radius 2 is 1.19 bits per heavy atom. The molecule has 0 radical (unpaired) electrons. The third kappa shape index (κ3) is 7.84. The lowest BCUT2D eigenvalue weighted by Crippen LogP contribution is -2.18. The maximum Gasteiger partial charge on any atom is 0.169 e. The highest BCUT2D eigenvalue weighted by molar-refractivity contribution is 7.98. The normalized spacial score (nSPS) is 16.2. The first kappa shape index (κ1) is 36.6. The molecule has 2 aliphatic carbocycles. The minimum atomic E-state index is 0.156. The average Bonchev–Trinajstić information content (AvgIpc) is 3.29. The summed E-state index contributed by atoms with van der Waals surface area (Å²) in [5.74, 6) is 1.27. The smallest absolute Gasteiger partial charge is 0.169 e. The van der Waals surface area contributed by atoms with E-state index in [9.17, 15) is 5.26 Å². The molecule has 0 aromatic heterocycles. The highest BCUT2D eigenvalue weighted by Crippen LogP contribution is 2.42. The number of amidine groups is 2. The number of nitrogens with two attached hydrogens (primary N) is 1. The zero-order valence-electron chi connectivity index (χ0n) is 31.9. The summed E-state index contributed by atoms with van der Waals surface area (Å²) in [6.07, 6.45) is 8.06. The van der Waals surface area contributed by atoms with Gasteiger partial charge < -0.3 is 5.73 Å². The number of fused-ring (bicyclic) bond motifs is 6. The van der Waals surface area contributed by atoms with Crippen molar-refractivity contribution in [1.29, 1.82) is 5.26 Å². The lowest BCUT2D eigenvalue weighted by Gasteiger charge is -2.30. The molecule has 2 aliphatic rings. The van der Waals surface area contributed by atoms with Crippen LogP contribution in [0.5, 0.6) is 0 Å². The van der Waals surface area contributed by atoms with Crippen LogP contribution in [-0.2, 0) is 12.8 Å². The van der Waals surface area contributed by atoms with Crippen molar-refractivity contribution in [2.24, 2.45) is 21.0 Å². The first-order valence-electron chi connectivity index (χ1n) is 19.6. The van der Waals surface area contributed by atoms with E-state index in [-0.39, 0.29) is 11.8 Å². The predicted molar refractivity (Wildman–Crippen MR) is 241 cm³/mol. The molecular weight excluding hydrogens is 725 g/mol. The van der Waals surface area contributed by atoms with E-state index in [1.54, 1.807) is 0 Å². The van der Waals surface area contributed by atoms with Crippen molar-refractivity contribution in [2.45, 2.75) is 23.7 Å². The molecule has 0 spiro atoms. The van der Waals surface area contributed by atoms with Gasteiger partial charge in [0.2, 0.25) is 0 Å². The summed E-state index contributed by atoms with van der Waals surface area (Å²) < 4.78 is 4.87. The highest BCUT2D eigenvalue weighted by Gasteiger charge is 2.28. The van der Waals surface area contributed by atoms with Crippen LogP contribution >= 0.6 is 11.9 Å². The minimum absolute atomic E-state index is 0.156. The van der Waals surface area contributed by atoms with E-state index < -0.39 is 0 Å². The Morgan fingerprint density at radius 1 is 0.603 bits per heavy atom. The minimum Gasteiger partial charge on any atom is -0.383 e. The first-order valence-corrected chi connectivity index (χ1v) is 20.4. The summed E-state index contributed by atoms with van der Waals surface area (Å²) in [4.78, 5) is 5.93. The Morgan fingerprint density at radius 3 is 1.91 bits per heavy atom. The van der Waals surface area contributed by atoms with Crippen molar-refractivity contribution in [1.82, 2.24) is 0 Å². The second kappa shape index (κ2) is 16.6. The number of nitriles is 1. The molecule has 0 saturated carbocycles. The predicted octanol–water partition coefficient (Wildman–Crippen LogP) is 12.4. The van der Waals surface area contributed by atoms with Crippen LogP contribution < -0.4 is 5.73 Å². The molecule has 2 atom stereocenters. The molecule has 0 heterocycles. The van der Waals surface area contributed by atoms with Gasteiger partial charge in [-0.2, -0.15) is 9.66 Å². The SMILES string of the molecule is N#CC1=CC2Cc3ccccc3-c3ccccc3Cc3cc(-c4ccc(C(N)=NC(=NSc5ccccc5)c5ccc(-c6ccccc6)cc5)cc4)ccc3C2C=C1. The first-order chi connectivity index (χ1) is 28.6. The number of aliphatic imine (C=N–C) groups is 1. The van der Waals surface area contributed by atoms with Gasteiger partial charge in [-0.15, -0.1) is 0 Å². The van der Waals surface area contributed by atoms with Crippen molar-refractivity contribution in [3.63, 3.8) is 0 Å². The van der Waals surface area contributed by atoms with Gasteiger partial charge in [0.05, 0.1) is 6.07 Å². The zero-order valence-corrected chi connectivity index (χ0v) is 32.7. The van der Waals surface area contributed by atoms with Gasteiger partial charge in [-0.05, 0) is 92.6 Å². The van der Waals surface area contributed by atoms with Crippen LogP contribution in [0.2, 0.25) is 0 Å². The molecule has 5 heteroatoms. The summed E-state index contributed by atoms with van der Waals surface area (Å²) in [6.45, 7) is 0. The van der Waals surface area contributed by atoms with Crippen molar-refractivity contribution in [3.8, 4) is 39.4 Å². The summed E-state index contributed by atoms with van der Waals surface area (Å²) >= 11 is 1.38. The molecule has 0 bridgehead atoms. The Bertz CT molecular complexity index is 2760. The summed E-state index contributed by atoms with van der Waals surface area (Å²) in [6, 6.07) is 63.8. The number of rotatable bonds is 6. The summed E-state index contributed by atoms with van der Waals surface area (Å²) in [5.41, 5.74) is 21.4. The zero-order chi connectivity index (χ0) is 39.3. The van der Waals surface area contributed by atoms with Crippen LogP contribution in [0, 0.1) is 17.2 Å². The van der Waals surface area contributed by atoms with E-state index in [0.29, 0.717) is 11.7 Å². The van der Waals surface area contributed by atoms with Crippen molar-refractivity contribution in [2.75, 3.05) is 0 Å². The molecule has 278 valence electrons. The lowest BCUT2D eigenvalue weighted by atomic mass is 9.73. The van der Waals surface area contributed by atoms with Crippen molar-refractivity contribution < 1.29 is 0 Å². The fourth-order valence-electron chi connectivity index (χ4n) is 8.13. The topological polar surface area (TPSA) is 74.5 Å². The average molecular weight is 765 g/mol. The largest absolute Gasteiger partial charge is 0.383 e. The van der Waals surface area contributed by atoms with Crippen LogP contribution in [-0.4, -0.2) is 11.7 Å². The molecule has 0 aliphatic heterocycles. The van der Waals surface area contributed by atoms with E-state index in [1.165, 1.54) is 45.3 Å². The van der Waals surface area contributed by atoms with Crippen LogP contribution in [0.1, 0.15) is 39.3 Å². The molecule has 4 nitrogen and oxygen atoms in total. The van der Waals surface area contributed by atoms with Gasteiger partial charge >= 0.3 is 0 Å². The number of nitrogens with zero attached hydrogens (tertiary/aromatic N) is 3. The van der Waals surface area contributed by atoms with Gasteiger partial charge in [0.1, 0.15) is 5.84 Å². The summed E-state index contributed by atoms with van der Waals surface area (Å²) in [7, 11) is 0. The molecule has 7 aromatic carbocycles. The van der Waals surface area contributed by atoms with Crippen molar-refractivity contribution in [3.05, 3.63) is 233 Å². The maximum atomic E-state index is 9.86. The fraction of sp³-hybridized carbons (Fsp3) is 0.0755. The Balaban J connectivity index is 1.04. The van der Waals surface area contributed by atoms with Gasteiger partial charge in [-0.25, -0.2) is 4.99 Å². The van der Waals surface area contributed by atoms with Gasteiger partial charge in [-0.1, -0.05) is 176 Å². The van der Waals surface area contributed by atoms with Crippen LogP contribution in [0.15, 0.2) is 214 Å². The number of hydrogen-bond donors (Lipinski definition) is 1. The molecular formula is C53H40N4S. The Kier molecular flexibility index (Phi) is 10.5. The van der Waals surface area contributed by atoms with Gasteiger partial charge in [0.25, 0.3) is 0 Å². The molecule has 0 saturated heterocycles. The number of hydrogen-bond acceptors (Lipinski definition) is 3. The van der Waals surface area contributed by atoms with Gasteiger partial charge in [-0.3, -0.25) is 0 Å². The quantitative estimate of drug-likeness (QED) is 0.104. The van der Waals surface area contributed by atoms with Crippen LogP contribution in [0.25, 0.3) is 33.4 Å². The van der Waals surface area contributed by atoms with E-state index in [0.717, 1.165) is 56.7 Å². The molecule has 2 unspecified atom stereocenters. The molecule has 9 rings (SSSR count). The molecule has 58 heavy (non-hydrogen) atoms. The molecule has 2 N–H and O–H groups in total. The lowest BCUT2D eigenvalue weighted by molar-refractivity contribution is 0.569. The second-order valence-corrected chi connectivity index (χ2v) is 15.6. The maximum absolute atomic E-state index is 9.86. The van der Waals surface area contributed by atoms with Crippen molar-refractivity contribution >= 4 is 23.6 Å². The Hall–Kier alpha value is -7.00. The fourth-order valence-corrected chi connectivity index (χ4v) is 8.74. The van der Waals surface area contributed by atoms with E-state index in [4.69, 9.17) is 15.1 Å². The highest BCUT2D eigenvalue weighted by atomic mass is 32.2. The van der Waals surface area contributed by atoms with Crippen LogP contribution in [0.4, 0.5) is 0 Å². The van der Waals surface area contributed by atoms with Gasteiger partial charge in [0, 0.05) is 39.5 Å². The Labute approximate surface area is 344 Å². The molecule has 7 aromatic rings. The standard InChI is InChI=1S/C53H40N4S/c54-35-36-19-29-50-45(31-36)33-43-13-7-9-17-48(43)49-18-10-8-14-44(49)34-46-32-42(28-30-51(46)50)39-20-24-40(25-21-39)52(55)56-53(57-58-47-15-5-2-6-16-47)41-26-22-38(23-27-41)37-11-3-1-4-12-37/h1-32,45,50H,33-34H2,(H2,55,56,57). The van der Waals surface area contributed by atoms with Gasteiger partial charge in [0.15, 0.2) is 5.84 Å². The van der Waals surface area contributed by atoms with E-state index >= 15 is 0 Å². The number of benzene rings is 7. The molecule has 0 amide bonds. The molecule has 0 fully saturated rings. The van der Waals surface area contributed by atoms with Crippen LogP contribution in [0.3, 0.4) is 0 Å². The monoisotopic (exact) mass is 764 g/mol. The van der Waals surface area contributed by atoms with E-state index in [2.05, 4.69) is 133 Å².